The molecule has 0 spiro atoms. The van der Waals surface area contributed by atoms with Crippen LogP contribution < -0.4 is 0 Å². The standard InChI is InChI=1S/C11H6FN3O2/c12-7-2-1-6-3-8(11(16)17)10-14-13-5-15(10)9(6)4-7/h1-5H,(H,16,17). The maximum absolute atomic E-state index is 13.2. The maximum Gasteiger partial charge on any atom is 0.339 e. The molecular formula is C11H6FN3O2. The fraction of sp³-hybridized carbons (Fsp3) is 0. The summed E-state index contributed by atoms with van der Waals surface area (Å²) in [6.07, 6.45) is 1.36. The van der Waals surface area contributed by atoms with Crippen LogP contribution in [0.1, 0.15) is 10.4 Å². The van der Waals surface area contributed by atoms with Gasteiger partial charge in [-0.05, 0) is 29.7 Å². The molecule has 3 rings (SSSR count). The van der Waals surface area contributed by atoms with Gasteiger partial charge < -0.3 is 5.11 Å². The summed E-state index contributed by atoms with van der Waals surface area (Å²) in [6.45, 7) is 0. The molecule has 3 aromatic rings. The normalized spacial score (nSPS) is 11.1. The lowest BCUT2D eigenvalue weighted by molar-refractivity contribution is 0.0698. The summed E-state index contributed by atoms with van der Waals surface area (Å²) in [6, 6.07) is 5.58. The van der Waals surface area contributed by atoms with Crippen molar-refractivity contribution in [3.63, 3.8) is 0 Å². The van der Waals surface area contributed by atoms with E-state index in [4.69, 9.17) is 5.11 Å². The van der Waals surface area contributed by atoms with Crippen molar-refractivity contribution < 1.29 is 14.3 Å². The molecule has 0 amide bonds. The molecule has 1 N–H and O–H groups in total. The molecule has 0 atom stereocenters. The largest absolute Gasteiger partial charge is 0.478 e. The number of aromatic nitrogens is 3. The number of carboxylic acid groups (broad SMARTS) is 1. The van der Waals surface area contributed by atoms with Crippen LogP contribution in [-0.4, -0.2) is 25.7 Å². The lowest BCUT2D eigenvalue weighted by Crippen LogP contribution is -2.01. The van der Waals surface area contributed by atoms with Crippen LogP contribution in [0.15, 0.2) is 30.6 Å². The topological polar surface area (TPSA) is 67.5 Å². The summed E-state index contributed by atoms with van der Waals surface area (Å²) < 4.78 is 14.6. The number of benzene rings is 1. The highest BCUT2D eigenvalue weighted by Crippen LogP contribution is 2.20. The van der Waals surface area contributed by atoms with Gasteiger partial charge in [0.1, 0.15) is 17.7 Å². The summed E-state index contributed by atoms with van der Waals surface area (Å²) in [5.74, 6) is -1.48. The molecule has 0 aliphatic carbocycles. The quantitative estimate of drug-likeness (QED) is 0.692. The number of aromatic carboxylic acids is 1. The zero-order valence-corrected chi connectivity index (χ0v) is 8.46. The number of hydrogen-bond donors (Lipinski definition) is 1. The second kappa shape index (κ2) is 3.24. The molecule has 6 heteroatoms. The molecule has 0 saturated carbocycles. The molecule has 0 fully saturated rings. The minimum absolute atomic E-state index is 0.0432. The van der Waals surface area contributed by atoms with Gasteiger partial charge in [0.25, 0.3) is 0 Å². The van der Waals surface area contributed by atoms with Crippen molar-refractivity contribution in [1.82, 2.24) is 14.6 Å². The van der Waals surface area contributed by atoms with Crippen LogP contribution in [0, 0.1) is 5.82 Å². The monoisotopic (exact) mass is 231 g/mol. The molecule has 84 valence electrons. The third kappa shape index (κ3) is 1.34. The Bertz CT molecular complexity index is 751. The van der Waals surface area contributed by atoms with Crippen molar-refractivity contribution in [2.75, 3.05) is 0 Å². The Kier molecular flexibility index (Phi) is 1.85. The first-order valence-electron chi connectivity index (χ1n) is 4.82. The van der Waals surface area contributed by atoms with Gasteiger partial charge >= 0.3 is 5.97 Å². The first-order valence-corrected chi connectivity index (χ1v) is 4.82. The fourth-order valence-corrected chi connectivity index (χ4v) is 1.82. The van der Waals surface area contributed by atoms with Crippen molar-refractivity contribution >= 4 is 22.5 Å². The van der Waals surface area contributed by atoms with E-state index in [9.17, 15) is 9.18 Å². The number of carboxylic acids is 1. The van der Waals surface area contributed by atoms with Gasteiger partial charge in [0.05, 0.1) is 5.52 Å². The van der Waals surface area contributed by atoms with Gasteiger partial charge in [-0.3, -0.25) is 4.40 Å². The molecule has 0 radical (unpaired) electrons. The number of pyridine rings is 1. The average molecular weight is 231 g/mol. The van der Waals surface area contributed by atoms with Crippen LogP contribution in [-0.2, 0) is 0 Å². The van der Waals surface area contributed by atoms with Crippen LogP contribution in [0.4, 0.5) is 4.39 Å². The predicted molar refractivity (Wildman–Crippen MR) is 57.4 cm³/mol. The maximum atomic E-state index is 13.2. The number of halogens is 1. The Morgan fingerprint density at radius 2 is 2.18 bits per heavy atom. The van der Waals surface area contributed by atoms with Gasteiger partial charge in [0.2, 0.25) is 0 Å². The predicted octanol–water partition coefficient (Wildman–Crippen LogP) is 1.72. The van der Waals surface area contributed by atoms with Crippen molar-refractivity contribution in [2.45, 2.75) is 0 Å². The third-order valence-corrected chi connectivity index (χ3v) is 2.57. The SMILES string of the molecule is O=C(O)c1cc2ccc(F)cc2n2cnnc12. The number of carbonyl (C=O) groups is 1. The van der Waals surface area contributed by atoms with E-state index >= 15 is 0 Å². The molecule has 0 aliphatic heterocycles. The van der Waals surface area contributed by atoms with E-state index < -0.39 is 11.8 Å². The lowest BCUT2D eigenvalue weighted by atomic mass is 10.1. The zero-order valence-electron chi connectivity index (χ0n) is 8.46. The van der Waals surface area contributed by atoms with Gasteiger partial charge in [-0.1, -0.05) is 0 Å². The molecule has 5 nitrogen and oxygen atoms in total. The summed E-state index contributed by atoms with van der Waals surface area (Å²) >= 11 is 0. The Morgan fingerprint density at radius 1 is 1.35 bits per heavy atom. The highest BCUT2D eigenvalue weighted by Gasteiger charge is 2.14. The highest BCUT2D eigenvalue weighted by atomic mass is 19.1. The van der Waals surface area contributed by atoms with Gasteiger partial charge in [-0.15, -0.1) is 10.2 Å². The summed E-state index contributed by atoms with van der Waals surface area (Å²) in [5, 5.41) is 17.1. The zero-order chi connectivity index (χ0) is 12.0. The molecule has 17 heavy (non-hydrogen) atoms. The smallest absolute Gasteiger partial charge is 0.339 e. The lowest BCUT2D eigenvalue weighted by Gasteiger charge is -2.04. The summed E-state index contributed by atoms with van der Waals surface area (Å²) in [7, 11) is 0. The average Bonchev–Trinajstić information content (AvgIpc) is 2.76. The Morgan fingerprint density at radius 3 is 2.94 bits per heavy atom. The molecule has 2 heterocycles. The van der Waals surface area contributed by atoms with E-state index in [1.54, 1.807) is 0 Å². The molecule has 0 saturated heterocycles. The van der Waals surface area contributed by atoms with Gasteiger partial charge in [0, 0.05) is 0 Å². The number of hydrogen-bond acceptors (Lipinski definition) is 3. The Hall–Kier alpha value is -2.50. The van der Waals surface area contributed by atoms with Crippen LogP contribution in [0.25, 0.3) is 16.6 Å². The molecule has 0 unspecified atom stereocenters. The minimum Gasteiger partial charge on any atom is -0.478 e. The van der Waals surface area contributed by atoms with Crippen LogP contribution in [0.5, 0.6) is 0 Å². The van der Waals surface area contributed by atoms with Crippen molar-refractivity contribution in [3.8, 4) is 0 Å². The first-order chi connectivity index (χ1) is 8.16. The van der Waals surface area contributed by atoms with E-state index in [1.807, 2.05) is 0 Å². The number of rotatable bonds is 1. The fourth-order valence-electron chi connectivity index (χ4n) is 1.82. The first kappa shape index (κ1) is 9.71. The third-order valence-electron chi connectivity index (χ3n) is 2.57. The molecule has 0 aliphatic rings. The van der Waals surface area contributed by atoms with Crippen molar-refractivity contribution in [2.24, 2.45) is 0 Å². The van der Waals surface area contributed by atoms with E-state index in [0.717, 1.165) is 0 Å². The number of nitrogens with zero attached hydrogens (tertiary/aromatic N) is 3. The molecular weight excluding hydrogens is 225 g/mol. The summed E-state index contributed by atoms with van der Waals surface area (Å²) in [5.41, 5.74) is 0.784. The van der Waals surface area contributed by atoms with Crippen LogP contribution >= 0.6 is 0 Å². The Balaban J connectivity index is 2.55. The minimum atomic E-state index is -1.09. The second-order valence-electron chi connectivity index (χ2n) is 3.59. The Labute approximate surface area is 94.1 Å². The highest BCUT2D eigenvalue weighted by molar-refractivity contribution is 5.99. The van der Waals surface area contributed by atoms with Crippen LogP contribution in [0.2, 0.25) is 0 Å². The van der Waals surface area contributed by atoms with Gasteiger partial charge in [-0.25, -0.2) is 9.18 Å². The second-order valence-corrected chi connectivity index (χ2v) is 3.59. The number of fused-ring (bicyclic) bond motifs is 3. The van der Waals surface area contributed by atoms with Gasteiger partial charge in [0.15, 0.2) is 5.65 Å². The molecule has 1 aromatic carbocycles. The van der Waals surface area contributed by atoms with Crippen LogP contribution in [0.3, 0.4) is 0 Å². The van der Waals surface area contributed by atoms with E-state index in [1.165, 1.54) is 35.0 Å². The van der Waals surface area contributed by atoms with Gasteiger partial charge in [-0.2, -0.15) is 0 Å². The molecule has 2 aromatic heterocycles. The van der Waals surface area contributed by atoms with Crippen molar-refractivity contribution in [3.05, 3.63) is 42.0 Å². The summed E-state index contributed by atoms with van der Waals surface area (Å²) in [4.78, 5) is 11.1. The van der Waals surface area contributed by atoms with Crippen molar-refractivity contribution in [1.29, 1.82) is 0 Å². The van der Waals surface area contributed by atoms with E-state index in [2.05, 4.69) is 10.2 Å². The van der Waals surface area contributed by atoms with E-state index in [-0.39, 0.29) is 11.2 Å². The molecule has 0 bridgehead atoms. The van der Waals surface area contributed by atoms with E-state index in [0.29, 0.717) is 10.9 Å².